The second kappa shape index (κ2) is 6.15. The molecule has 1 N–H and O–H groups in total. The molecule has 5 nitrogen and oxygen atoms in total. The molecule has 122 valence electrons. The summed E-state index contributed by atoms with van der Waals surface area (Å²) in [5.74, 6) is -5.93. The van der Waals surface area contributed by atoms with Crippen LogP contribution in [0.3, 0.4) is 0 Å². The maximum Gasteiger partial charge on any atom is 0.343 e. The van der Waals surface area contributed by atoms with Gasteiger partial charge in [0.1, 0.15) is 5.56 Å². The lowest BCUT2D eigenvalue weighted by molar-refractivity contribution is 0.0524. The molecule has 0 aliphatic carbocycles. The Hall–Kier alpha value is -2.77. The second-order valence-corrected chi connectivity index (χ2v) is 4.62. The fourth-order valence-electron chi connectivity index (χ4n) is 2.09. The monoisotopic (exact) mass is 327 g/mol. The lowest BCUT2D eigenvalue weighted by Crippen LogP contribution is -2.21. The Balaban J connectivity index is 3.01. The first kappa shape index (κ1) is 16.6. The minimum absolute atomic E-state index is 0.0166. The van der Waals surface area contributed by atoms with E-state index in [1.165, 1.54) is 13.8 Å². The van der Waals surface area contributed by atoms with Crippen LogP contribution < -0.4 is 5.43 Å². The number of benzene rings is 1. The van der Waals surface area contributed by atoms with Crippen LogP contribution in [0.5, 0.6) is 0 Å². The zero-order chi connectivity index (χ0) is 17.3. The summed E-state index contributed by atoms with van der Waals surface area (Å²) in [5.41, 5.74) is -2.11. The van der Waals surface area contributed by atoms with E-state index in [4.69, 9.17) is 9.84 Å². The van der Waals surface area contributed by atoms with Crippen LogP contribution in [0, 0.1) is 17.5 Å². The summed E-state index contributed by atoms with van der Waals surface area (Å²) in [6.07, 6.45) is 1.48. The zero-order valence-electron chi connectivity index (χ0n) is 12.2. The van der Waals surface area contributed by atoms with Crippen molar-refractivity contribution in [1.29, 1.82) is 0 Å². The van der Waals surface area contributed by atoms with E-state index in [0.717, 1.165) is 10.8 Å². The van der Waals surface area contributed by atoms with Crippen molar-refractivity contribution in [2.24, 2.45) is 0 Å². The molecular weight excluding hydrogens is 315 g/mol. The highest BCUT2D eigenvalue weighted by atomic mass is 19.2. The van der Waals surface area contributed by atoms with E-state index in [2.05, 4.69) is 0 Å². The smallest absolute Gasteiger partial charge is 0.343 e. The minimum Gasteiger partial charge on any atom is -0.514 e. The molecule has 2 aromatic rings. The minimum atomic E-state index is -1.76. The van der Waals surface area contributed by atoms with Crippen LogP contribution in [-0.4, -0.2) is 22.2 Å². The Morgan fingerprint density at radius 1 is 1.35 bits per heavy atom. The van der Waals surface area contributed by atoms with E-state index in [-0.39, 0.29) is 12.3 Å². The molecule has 0 amide bonds. The van der Waals surface area contributed by atoms with Gasteiger partial charge < -0.3 is 14.4 Å². The Morgan fingerprint density at radius 3 is 2.57 bits per heavy atom. The first-order valence-corrected chi connectivity index (χ1v) is 6.54. The first-order valence-electron chi connectivity index (χ1n) is 6.54. The van der Waals surface area contributed by atoms with E-state index >= 15 is 0 Å². The van der Waals surface area contributed by atoms with Crippen LogP contribution >= 0.6 is 0 Å². The number of ether oxygens (including phenoxy) is 1. The summed E-state index contributed by atoms with van der Waals surface area (Å²) < 4.78 is 46.6. The second-order valence-electron chi connectivity index (χ2n) is 4.62. The van der Waals surface area contributed by atoms with Gasteiger partial charge in [-0.25, -0.2) is 18.0 Å². The summed E-state index contributed by atoms with van der Waals surface area (Å²) in [4.78, 5) is 24.1. The van der Waals surface area contributed by atoms with Crippen LogP contribution in [0.1, 0.15) is 24.2 Å². The maximum absolute atomic E-state index is 14.1. The van der Waals surface area contributed by atoms with Gasteiger partial charge in [-0.1, -0.05) is 0 Å². The van der Waals surface area contributed by atoms with Gasteiger partial charge in [0.05, 0.1) is 29.5 Å². The van der Waals surface area contributed by atoms with Crippen LogP contribution in [0.25, 0.3) is 16.6 Å². The standard InChI is InChI=1S/C15H12F3NO4/c1-3-23-15(22)9-5-19(7(2)6-20)13-8(14(9)21)4-10(16)11(17)12(13)18/h4-6,20H,3H2,1-2H3/b7-6+. The average Bonchev–Trinajstić information content (AvgIpc) is 2.53. The molecule has 0 saturated carbocycles. The van der Waals surface area contributed by atoms with Gasteiger partial charge in [-0.3, -0.25) is 4.79 Å². The van der Waals surface area contributed by atoms with Gasteiger partial charge in [0.25, 0.3) is 0 Å². The number of pyridine rings is 1. The number of hydrogen-bond donors (Lipinski definition) is 1. The molecule has 0 unspecified atom stereocenters. The van der Waals surface area contributed by atoms with Crippen LogP contribution in [0.4, 0.5) is 13.2 Å². The maximum atomic E-state index is 14.1. The van der Waals surface area contributed by atoms with Crippen molar-refractivity contribution in [2.45, 2.75) is 13.8 Å². The molecule has 0 aliphatic rings. The molecule has 8 heteroatoms. The molecule has 0 aliphatic heterocycles. The third-order valence-electron chi connectivity index (χ3n) is 3.19. The van der Waals surface area contributed by atoms with Gasteiger partial charge in [-0.05, 0) is 19.9 Å². The molecule has 1 aromatic heterocycles. The normalized spacial score (nSPS) is 11.8. The number of halogens is 3. The highest BCUT2D eigenvalue weighted by Gasteiger charge is 2.23. The van der Waals surface area contributed by atoms with Crippen molar-refractivity contribution in [2.75, 3.05) is 6.61 Å². The largest absolute Gasteiger partial charge is 0.514 e. The number of aromatic nitrogens is 1. The van der Waals surface area contributed by atoms with E-state index < -0.39 is 45.3 Å². The number of aliphatic hydroxyl groups is 1. The number of fused-ring (bicyclic) bond motifs is 1. The van der Waals surface area contributed by atoms with Gasteiger partial charge in [0.15, 0.2) is 17.5 Å². The summed E-state index contributed by atoms with van der Waals surface area (Å²) in [7, 11) is 0. The summed E-state index contributed by atoms with van der Waals surface area (Å²) >= 11 is 0. The highest BCUT2D eigenvalue weighted by molar-refractivity contribution is 5.95. The van der Waals surface area contributed by atoms with E-state index in [1.807, 2.05) is 0 Å². The molecule has 1 aromatic carbocycles. The lowest BCUT2D eigenvalue weighted by Gasteiger charge is -2.14. The molecule has 0 radical (unpaired) electrons. The molecule has 0 fully saturated rings. The summed E-state index contributed by atoms with van der Waals surface area (Å²) in [5, 5.41) is 8.55. The van der Waals surface area contributed by atoms with E-state index in [0.29, 0.717) is 12.3 Å². The molecule has 2 rings (SSSR count). The number of carbonyl (C=O) groups excluding carboxylic acids is 1. The Labute approximate surface area is 128 Å². The van der Waals surface area contributed by atoms with Crippen molar-refractivity contribution < 1.29 is 27.8 Å². The van der Waals surface area contributed by atoms with Gasteiger partial charge in [-0.2, -0.15) is 0 Å². The first-order chi connectivity index (χ1) is 10.8. The lowest BCUT2D eigenvalue weighted by atomic mass is 10.1. The number of nitrogens with zero attached hydrogens (tertiary/aromatic N) is 1. The molecule has 23 heavy (non-hydrogen) atoms. The number of allylic oxidation sites excluding steroid dienone is 1. The third-order valence-corrected chi connectivity index (χ3v) is 3.19. The molecule has 0 spiro atoms. The van der Waals surface area contributed by atoms with Crippen LogP contribution in [0.15, 0.2) is 23.3 Å². The molecule has 0 bridgehead atoms. The fourth-order valence-corrected chi connectivity index (χ4v) is 2.09. The topological polar surface area (TPSA) is 68.5 Å². The number of esters is 1. The van der Waals surface area contributed by atoms with Crippen molar-refractivity contribution in [3.63, 3.8) is 0 Å². The predicted molar refractivity (Wildman–Crippen MR) is 76.6 cm³/mol. The van der Waals surface area contributed by atoms with Crippen molar-refractivity contribution in [3.05, 3.63) is 51.8 Å². The molecule has 1 heterocycles. The van der Waals surface area contributed by atoms with Crippen molar-refractivity contribution in [1.82, 2.24) is 4.57 Å². The predicted octanol–water partition coefficient (Wildman–Crippen LogP) is 2.97. The quantitative estimate of drug-likeness (QED) is 0.535. The van der Waals surface area contributed by atoms with Gasteiger partial charge in [0.2, 0.25) is 5.43 Å². The molecule has 0 saturated heterocycles. The SMILES string of the molecule is CCOC(=O)c1cn(/C(C)=C/O)c2c(F)c(F)c(F)cc2c1=O. The summed E-state index contributed by atoms with van der Waals surface area (Å²) in [6, 6.07) is 0.500. The van der Waals surface area contributed by atoms with Gasteiger partial charge in [0, 0.05) is 6.20 Å². The number of carbonyl (C=O) groups is 1. The number of rotatable bonds is 3. The Kier molecular flexibility index (Phi) is 4.44. The van der Waals surface area contributed by atoms with Crippen molar-refractivity contribution >= 4 is 22.6 Å². The molecular formula is C15H12F3NO4. The van der Waals surface area contributed by atoms with E-state index in [1.54, 1.807) is 0 Å². The third kappa shape index (κ3) is 2.67. The van der Waals surface area contributed by atoms with Crippen LogP contribution in [-0.2, 0) is 4.74 Å². The van der Waals surface area contributed by atoms with Gasteiger partial charge in [-0.15, -0.1) is 0 Å². The number of hydrogen-bond acceptors (Lipinski definition) is 4. The average molecular weight is 327 g/mol. The molecule has 0 atom stereocenters. The van der Waals surface area contributed by atoms with Crippen LogP contribution in [0.2, 0.25) is 0 Å². The van der Waals surface area contributed by atoms with Crippen molar-refractivity contribution in [3.8, 4) is 0 Å². The number of aliphatic hydroxyl groups excluding tert-OH is 1. The Bertz CT molecular complexity index is 887. The zero-order valence-corrected chi connectivity index (χ0v) is 12.2. The Morgan fingerprint density at radius 2 is 2.00 bits per heavy atom. The summed E-state index contributed by atoms with van der Waals surface area (Å²) in [6.45, 7) is 2.82. The fraction of sp³-hybridized carbons (Fsp3) is 0.200. The highest BCUT2D eigenvalue weighted by Crippen LogP contribution is 2.24. The van der Waals surface area contributed by atoms with E-state index in [9.17, 15) is 22.8 Å². The van der Waals surface area contributed by atoms with Gasteiger partial charge >= 0.3 is 5.97 Å².